The van der Waals surface area contributed by atoms with Crippen molar-refractivity contribution in [3.63, 3.8) is 0 Å². The van der Waals surface area contributed by atoms with Crippen molar-refractivity contribution in [3.8, 4) is 0 Å². The lowest BCUT2D eigenvalue weighted by molar-refractivity contribution is 1.18. The van der Waals surface area contributed by atoms with E-state index in [1.165, 1.54) is 17.7 Å². The topological polar surface area (TPSA) is 58.6 Å². The third-order valence-electron chi connectivity index (χ3n) is 2.95. The summed E-state index contributed by atoms with van der Waals surface area (Å²) in [6.45, 7) is 0. The van der Waals surface area contributed by atoms with Crippen molar-refractivity contribution in [2.24, 2.45) is 0 Å². The molecule has 1 aromatic carbocycles. The van der Waals surface area contributed by atoms with E-state index < -0.39 is 0 Å². The van der Waals surface area contributed by atoms with E-state index in [-0.39, 0.29) is 5.56 Å². The molecule has 5 heteroatoms. The Kier molecular flexibility index (Phi) is 1.82. The van der Waals surface area contributed by atoms with Gasteiger partial charge in [-0.15, -0.1) is 11.3 Å². The second kappa shape index (κ2) is 3.36. The predicted octanol–water partition coefficient (Wildman–Crippen LogP) is 2.69. The van der Waals surface area contributed by atoms with E-state index >= 15 is 0 Å². The number of nitrogens with zero attached hydrogens (tertiary/aromatic N) is 2. The summed E-state index contributed by atoms with van der Waals surface area (Å²) in [5, 5.41) is 2.01. The summed E-state index contributed by atoms with van der Waals surface area (Å²) in [7, 11) is 0. The van der Waals surface area contributed by atoms with Gasteiger partial charge in [0.05, 0.1) is 17.4 Å². The number of nitrogens with one attached hydrogen (secondary N) is 1. The van der Waals surface area contributed by atoms with Gasteiger partial charge in [0.1, 0.15) is 9.53 Å². The number of thiophene rings is 1. The van der Waals surface area contributed by atoms with Crippen LogP contribution in [0, 0.1) is 0 Å². The number of pyridine rings is 1. The molecule has 18 heavy (non-hydrogen) atoms. The quantitative estimate of drug-likeness (QED) is 0.524. The Morgan fingerprint density at radius 2 is 2.11 bits per heavy atom. The van der Waals surface area contributed by atoms with E-state index in [9.17, 15) is 4.79 Å². The molecule has 0 radical (unpaired) electrons. The van der Waals surface area contributed by atoms with Gasteiger partial charge < -0.3 is 4.98 Å². The Morgan fingerprint density at radius 3 is 3.06 bits per heavy atom. The lowest BCUT2D eigenvalue weighted by Crippen LogP contribution is -2.03. The average molecular weight is 253 g/mol. The fourth-order valence-electron chi connectivity index (χ4n) is 2.12. The number of benzene rings is 1. The second-order valence-corrected chi connectivity index (χ2v) is 5.04. The summed E-state index contributed by atoms with van der Waals surface area (Å²) < 4.78 is 0.635. The molecule has 4 nitrogen and oxygen atoms in total. The maximum absolute atomic E-state index is 11.7. The zero-order valence-corrected chi connectivity index (χ0v) is 9.99. The summed E-state index contributed by atoms with van der Waals surface area (Å²) in [5.41, 5.74) is 1.57. The van der Waals surface area contributed by atoms with Crippen LogP contribution >= 0.6 is 11.3 Å². The van der Waals surface area contributed by atoms with Crippen LogP contribution in [0.1, 0.15) is 0 Å². The molecule has 0 bridgehead atoms. The Bertz CT molecular complexity index is 955. The van der Waals surface area contributed by atoms with Gasteiger partial charge in [0, 0.05) is 10.8 Å². The molecule has 1 N–H and O–H groups in total. The number of fused-ring (bicyclic) bond motifs is 4. The van der Waals surface area contributed by atoms with Crippen LogP contribution < -0.4 is 5.56 Å². The van der Waals surface area contributed by atoms with Crippen LogP contribution in [-0.2, 0) is 0 Å². The molecule has 4 aromatic rings. The van der Waals surface area contributed by atoms with Crippen LogP contribution in [0.2, 0.25) is 0 Å². The number of aromatic amines is 1. The van der Waals surface area contributed by atoms with Gasteiger partial charge in [0.25, 0.3) is 5.56 Å². The third kappa shape index (κ3) is 1.22. The first-order valence-corrected chi connectivity index (χ1v) is 6.30. The molecule has 0 fully saturated rings. The summed E-state index contributed by atoms with van der Waals surface area (Å²) in [6.07, 6.45) is 1.44. The molecule has 0 saturated carbocycles. The van der Waals surface area contributed by atoms with Crippen LogP contribution in [0.25, 0.3) is 31.3 Å². The average Bonchev–Trinajstić information content (AvgIpc) is 2.76. The summed E-state index contributed by atoms with van der Waals surface area (Å²) in [6, 6.07) is 9.96. The maximum atomic E-state index is 11.7. The molecule has 4 rings (SSSR count). The first-order chi connectivity index (χ1) is 8.83. The summed E-state index contributed by atoms with van der Waals surface area (Å²) in [5.74, 6) is 0. The molecule has 0 aliphatic heterocycles. The smallest absolute Gasteiger partial charge is 0.268 e. The van der Waals surface area contributed by atoms with Gasteiger partial charge >= 0.3 is 0 Å². The van der Waals surface area contributed by atoms with Crippen molar-refractivity contribution in [2.75, 3.05) is 0 Å². The van der Waals surface area contributed by atoms with Crippen LogP contribution in [0.3, 0.4) is 0 Å². The predicted molar refractivity (Wildman–Crippen MR) is 73.0 cm³/mol. The zero-order chi connectivity index (χ0) is 12.1. The van der Waals surface area contributed by atoms with Gasteiger partial charge in [-0.05, 0) is 12.1 Å². The number of hydrogen-bond donors (Lipinski definition) is 1. The van der Waals surface area contributed by atoms with Crippen molar-refractivity contribution in [3.05, 3.63) is 47.0 Å². The zero-order valence-electron chi connectivity index (χ0n) is 9.18. The van der Waals surface area contributed by atoms with Gasteiger partial charge in [0.15, 0.2) is 0 Å². The highest BCUT2D eigenvalue weighted by Gasteiger charge is 2.10. The minimum Gasteiger partial charge on any atom is -0.312 e. The molecular weight excluding hydrogens is 246 g/mol. The van der Waals surface area contributed by atoms with Crippen LogP contribution in [0.15, 0.2) is 41.5 Å². The van der Waals surface area contributed by atoms with E-state index in [4.69, 9.17) is 0 Å². The summed E-state index contributed by atoms with van der Waals surface area (Å²) >= 11 is 1.39. The van der Waals surface area contributed by atoms with Crippen molar-refractivity contribution >= 4 is 42.7 Å². The maximum Gasteiger partial charge on any atom is 0.268 e. The Hall–Kier alpha value is -2.27. The van der Waals surface area contributed by atoms with E-state index in [1.807, 2.05) is 30.3 Å². The second-order valence-electron chi connectivity index (χ2n) is 4.05. The van der Waals surface area contributed by atoms with Gasteiger partial charge in [-0.2, -0.15) is 0 Å². The molecule has 0 aliphatic rings. The number of aromatic nitrogens is 3. The molecule has 3 aromatic heterocycles. The number of rotatable bonds is 0. The van der Waals surface area contributed by atoms with Crippen molar-refractivity contribution in [1.29, 1.82) is 0 Å². The molecule has 0 spiro atoms. The van der Waals surface area contributed by atoms with E-state index in [1.54, 1.807) is 0 Å². The molecule has 0 unspecified atom stereocenters. The van der Waals surface area contributed by atoms with Gasteiger partial charge in [-0.1, -0.05) is 18.2 Å². The minimum absolute atomic E-state index is 0.105. The highest BCUT2D eigenvalue weighted by Crippen LogP contribution is 2.30. The number of para-hydroxylation sites is 1. The Morgan fingerprint density at radius 1 is 1.22 bits per heavy atom. The highest BCUT2D eigenvalue weighted by atomic mass is 32.1. The van der Waals surface area contributed by atoms with Crippen molar-refractivity contribution < 1.29 is 0 Å². The van der Waals surface area contributed by atoms with Crippen molar-refractivity contribution in [1.82, 2.24) is 15.0 Å². The SMILES string of the molecule is O=c1[nH]cnc2c1sc1nc3ccccc3cc12. The fraction of sp³-hybridized carbons (Fsp3) is 0. The van der Waals surface area contributed by atoms with E-state index in [0.717, 1.165) is 26.6 Å². The van der Waals surface area contributed by atoms with E-state index in [0.29, 0.717) is 4.70 Å². The number of H-pyrrole nitrogens is 1. The van der Waals surface area contributed by atoms with Gasteiger partial charge in [-0.3, -0.25) is 4.79 Å². The first kappa shape index (κ1) is 9.73. The van der Waals surface area contributed by atoms with E-state index in [2.05, 4.69) is 15.0 Å². The lowest BCUT2D eigenvalue weighted by Gasteiger charge is -1.96. The van der Waals surface area contributed by atoms with Crippen LogP contribution in [0.4, 0.5) is 0 Å². The van der Waals surface area contributed by atoms with Gasteiger partial charge in [0.2, 0.25) is 0 Å². The third-order valence-corrected chi connectivity index (χ3v) is 4.04. The monoisotopic (exact) mass is 253 g/mol. The molecule has 0 amide bonds. The minimum atomic E-state index is -0.105. The fourth-order valence-corrected chi connectivity index (χ4v) is 3.13. The molecule has 0 aliphatic carbocycles. The number of hydrogen-bond acceptors (Lipinski definition) is 4. The largest absolute Gasteiger partial charge is 0.312 e. The van der Waals surface area contributed by atoms with Crippen LogP contribution in [-0.4, -0.2) is 15.0 Å². The van der Waals surface area contributed by atoms with Crippen LogP contribution in [0.5, 0.6) is 0 Å². The molecular formula is C13H7N3OS. The lowest BCUT2D eigenvalue weighted by atomic mass is 10.2. The normalized spacial score (nSPS) is 11.6. The van der Waals surface area contributed by atoms with Crippen molar-refractivity contribution in [2.45, 2.75) is 0 Å². The molecule has 86 valence electrons. The molecule has 0 saturated heterocycles. The molecule has 0 atom stereocenters. The van der Waals surface area contributed by atoms with Gasteiger partial charge in [-0.25, -0.2) is 9.97 Å². The first-order valence-electron chi connectivity index (χ1n) is 5.48. The Labute approximate surface area is 105 Å². The highest BCUT2D eigenvalue weighted by molar-refractivity contribution is 7.25. The molecule has 3 heterocycles. The Balaban J connectivity index is 2.31. The summed E-state index contributed by atoms with van der Waals surface area (Å²) in [4.78, 5) is 24.0. The standard InChI is InChI=1S/C13H7N3OS/c17-12-11-10(14-6-15-12)8-5-7-3-1-2-4-9(7)16-13(8)18-11/h1-6H,(H,14,15,17).